The van der Waals surface area contributed by atoms with E-state index in [0.717, 1.165) is 5.92 Å². The fraction of sp³-hybridized carbons (Fsp3) is 0.833. The van der Waals surface area contributed by atoms with Crippen molar-refractivity contribution in [3.05, 3.63) is 7.05 Å². The molecule has 1 aliphatic rings. The molecule has 1 saturated heterocycles. The molecule has 1 fully saturated rings. The molecule has 0 spiro atoms. The van der Waals surface area contributed by atoms with E-state index in [2.05, 4.69) is 12.4 Å². The first-order valence-corrected chi connectivity index (χ1v) is 3.25. The van der Waals surface area contributed by atoms with Crippen LogP contribution in [0, 0.1) is 13.0 Å². The Kier molecular flexibility index (Phi) is 2.30. The maximum absolute atomic E-state index is 3.70. The summed E-state index contributed by atoms with van der Waals surface area (Å²) in [6.07, 6.45) is 1.34. The molecule has 3 N–H and O–H groups in total. The molecule has 2 heteroatoms. The summed E-state index contributed by atoms with van der Waals surface area (Å²) in [6, 6.07) is 0. The quantitative estimate of drug-likeness (QED) is 0.441. The number of nitrogens with two attached hydrogens (primary N) is 1. The second-order valence-electron chi connectivity index (χ2n) is 2.38. The standard InChI is InChI=1S/C6H14N2/c1-7-4-6-2-3-8-5-6/h6,8H,1-5,7H2/t6-/m1/s1. The Balaban J connectivity index is 2.06. The van der Waals surface area contributed by atoms with Crippen LogP contribution in [0.2, 0.25) is 0 Å². The van der Waals surface area contributed by atoms with Gasteiger partial charge in [-0.1, -0.05) is 0 Å². The van der Waals surface area contributed by atoms with E-state index in [4.69, 9.17) is 0 Å². The zero-order chi connectivity index (χ0) is 5.82. The summed E-state index contributed by atoms with van der Waals surface area (Å²) >= 11 is 0. The maximum Gasteiger partial charge on any atom is 0.0556 e. The Morgan fingerprint density at radius 3 is 3.12 bits per heavy atom. The molecule has 8 heavy (non-hydrogen) atoms. The molecule has 0 aliphatic carbocycles. The summed E-state index contributed by atoms with van der Waals surface area (Å²) in [5, 5.41) is 5.32. The van der Waals surface area contributed by atoms with Gasteiger partial charge in [-0.25, -0.2) is 0 Å². The highest BCUT2D eigenvalue weighted by Gasteiger charge is 2.13. The van der Waals surface area contributed by atoms with Crippen molar-refractivity contribution in [3.63, 3.8) is 0 Å². The summed E-state index contributed by atoms with van der Waals surface area (Å²) in [6.45, 7) is 3.59. The van der Waals surface area contributed by atoms with Gasteiger partial charge < -0.3 is 10.6 Å². The first kappa shape index (κ1) is 6.05. The molecule has 2 nitrogen and oxygen atoms in total. The van der Waals surface area contributed by atoms with E-state index in [0.29, 0.717) is 0 Å². The molecular weight excluding hydrogens is 100 g/mol. The topological polar surface area (TPSA) is 28.6 Å². The largest absolute Gasteiger partial charge is 0.479 e. The summed E-state index contributed by atoms with van der Waals surface area (Å²) in [4.78, 5) is 0. The predicted molar refractivity (Wildman–Crippen MR) is 33.1 cm³/mol. The molecule has 1 atom stereocenters. The molecule has 0 aromatic heterocycles. The van der Waals surface area contributed by atoms with Gasteiger partial charge in [-0.15, -0.1) is 0 Å². The maximum atomic E-state index is 3.70. The van der Waals surface area contributed by atoms with Gasteiger partial charge in [-0.3, -0.25) is 0 Å². The van der Waals surface area contributed by atoms with Crippen molar-refractivity contribution < 1.29 is 5.32 Å². The van der Waals surface area contributed by atoms with Crippen molar-refractivity contribution in [2.45, 2.75) is 6.42 Å². The van der Waals surface area contributed by atoms with Crippen molar-refractivity contribution in [3.8, 4) is 0 Å². The normalized spacial score (nSPS) is 28.9. The number of hydrogen-bond donors (Lipinski definition) is 2. The average molecular weight is 114 g/mol. The molecule has 48 valence electrons. The lowest BCUT2D eigenvalue weighted by Gasteiger charge is -2.05. The molecule has 1 heterocycles. The van der Waals surface area contributed by atoms with E-state index in [1.165, 1.54) is 26.1 Å². The molecule has 0 radical (unpaired) electrons. The van der Waals surface area contributed by atoms with E-state index in [1.54, 1.807) is 0 Å². The van der Waals surface area contributed by atoms with Crippen LogP contribution in [-0.2, 0) is 0 Å². The number of quaternary nitrogens is 1. The molecule has 0 aromatic carbocycles. The van der Waals surface area contributed by atoms with Gasteiger partial charge in [0.15, 0.2) is 0 Å². The fourth-order valence-electron chi connectivity index (χ4n) is 1.15. The molecule has 0 amide bonds. The van der Waals surface area contributed by atoms with Gasteiger partial charge in [-0.05, 0) is 13.0 Å². The first-order chi connectivity index (χ1) is 3.93. The van der Waals surface area contributed by atoms with Crippen LogP contribution in [-0.4, -0.2) is 19.6 Å². The van der Waals surface area contributed by atoms with Gasteiger partial charge in [0.2, 0.25) is 0 Å². The number of hydrogen-bond acceptors (Lipinski definition) is 1. The van der Waals surface area contributed by atoms with Gasteiger partial charge in [-0.2, -0.15) is 7.05 Å². The monoisotopic (exact) mass is 114 g/mol. The highest BCUT2D eigenvalue weighted by molar-refractivity contribution is 4.68. The number of rotatable bonds is 2. The van der Waals surface area contributed by atoms with Crippen molar-refractivity contribution in [2.75, 3.05) is 19.6 Å². The van der Waals surface area contributed by atoms with Crippen molar-refractivity contribution in [1.82, 2.24) is 5.32 Å². The van der Waals surface area contributed by atoms with Crippen LogP contribution in [0.3, 0.4) is 0 Å². The van der Waals surface area contributed by atoms with E-state index < -0.39 is 0 Å². The zero-order valence-corrected chi connectivity index (χ0v) is 5.19. The fourth-order valence-corrected chi connectivity index (χ4v) is 1.15. The Labute approximate surface area is 50.7 Å². The zero-order valence-electron chi connectivity index (χ0n) is 5.19. The minimum absolute atomic E-state index is 0.882. The molecule has 0 saturated carbocycles. The van der Waals surface area contributed by atoms with Crippen molar-refractivity contribution in [1.29, 1.82) is 0 Å². The van der Waals surface area contributed by atoms with E-state index in [-0.39, 0.29) is 0 Å². The molecule has 1 aliphatic heterocycles. The molecule has 0 unspecified atom stereocenters. The SMILES string of the molecule is [CH2-][NH2+]C[C@H]1CCNC1. The number of nitrogens with one attached hydrogen (secondary N) is 1. The van der Waals surface area contributed by atoms with Crippen LogP contribution < -0.4 is 10.6 Å². The second-order valence-corrected chi connectivity index (χ2v) is 2.38. The Morgan fingerprint density at radius 1 is 1.75 bits per heavy atom. The highest BCUT2D eigenvalue weighted by atomic mass is 14.9. The second kappa shape index (κ2) is 3.05. The van der Waals surface area contributed by atoms with Gasteiger partial charge in [0, 0.05) is 12.5 Å². The van der Waals surface area contributed by atoms with Gasteiger partial charge in [0.25, 0.3) is 0 Å². The minimum atomic E-state index is 0.882. The van der Waals surface area contributed by atoms with Gasteiger partial charge in [0.05, 0.1) is 6.54 Å². The summed E-state index contributed by atoms with van der Waals surface area (Å²) in [5.74, 6) is 0.882. The molecule has 0 bridgehead atoms. The van der Waals surface area contributed by atoms with Gasteiger partial charge >= 0.3 is 0 Å². The lowest BCUT2D eigenvalue weighted by atomic mass is 10.1. The van der Waals surface area contributed by atoms with Crippen LogP contribution in [0.5, 0.6) is 0 Å². The smallest absolute Gasteiger partial charge is 0.0556 e. The van der Waals surface area contributed by atoms with Gasteiger partial charge in [0.1, 0.15) is 0 Å². The Hall–Kier alpha value is -0.0800. The molecular formula is C6H14N2. The van der Waals surface area contributed by atoms with Crippen LogP contribution in [0.15, 0.2) is 0 Å². The van der Waals surface area contributed by atoms with Crippen molar-refractivity contribution in [2.24, 2.45) is 5.92 Å². The van der Waals surface area contributed by atoms with E-state index >= 15 is 0 Å². The van der Waals surface area contributed by atoms with Crippen molar-refractivity contribution >= 4 is 0 Å². The molecule has 0 aromatic rings. The Bertz CT molecular complexity index is 57.5. The summed E-state index contributed by atoms with van der Waals surface area (Å²) in [7, 11) is 3.70. The van der Waals surface area contributed by atoms with Crippen LogP contribution in [0.4, 0.5) is 0 Å². The third-order valence-electron chi connectivity index (χ3n) is 1.66. The molecule has 1 rings (SSSR count). The first-order valence-electron chi connectivity index (χ1n) is 3.25. The minimum Gasteiger partial charge on any atom is -0.479 e. The third-order valence-corrected chi connectivity index (χ3v) is 1.66. The Morgan fingerprint density at radius 2 is 2.62 bits per heavy atom. The summed E-state index contributed by atoms with van der Waals surface area (Å²) < 4.78 is 0. The van der Waals surface area contributed by atoms with E-state index in [1.807, 2.05) is 5.32 Å². The lowest BCUT2D eigenvalue weighted by Crippen LogP contribution is -2.78. The third kappa shape index (κ3) is 1.46. The highest BCUT2D eigenvalue weighted by Crippen LogP contribution is 2.02. The van der Waals surface area contributed by atoms with Crippen LogP contribution in [0.25, 0.3) is 0 Å². The predicted octanol–water partition coefficient (Wildman–Crippen LogP) is -1.05. The van der Waals surface area contributed by atoms with E-state index in [9.17, 15) is 0 Å². The van der Waals surface area contributed by atoms with Crippen LogP contribution in [0.1, 0.15) is 6.42 Å². The van der Waals surface area contributed by atoms with Crippen LogP contribution >= 0.6 is 0 Å². The summed E-state index contributed by atoms with van der Waals surface area (Å²) in [5.41, 5.74) is 0. The lowest BCUT2D eigenvalue weighted by molar-refractivity contribution is -0.601. The average Bonchev–Trinajstić information content (AvgIpc) is 2.19.